The van der Waals surface area contributed by atoms with Crippen molar-refractivity contribution in [1.29, 1.82) is 0 Å². The Bertz CT molecular complexity index is 811. The highest BCUT2D eigenvalue weighted by Crippen LogP contribution is 2.18. The molecular formula is C23H29N3O2. The number of nitrogens with one attached hydrogen (secondary N) is 2. The second-order valence-corrected chi connectivity index (χ2v) is 7.46. The van der Waals surface area contributed by atoms with Crippen LogP contribution in [-0.4, -0.2) is 35.8 Å². The van der Waals surface area contributed by atoms with Crippen LogP contribution in [0.1, 0.15) is 59.4 Å². The molecule has 2 N–H and O–H groups in total. The SMILES string of the molecule is CC[C@@H](C)NC(=O)c1ccccc1NC(=O)c1ccc(CN2CCCC2)cc1. The molecule has 1 atom stereocenters. The number of hydrogen-bond acceptors (Lipinski definition) is 3. The zero-order chi connectivity index (χ0) is 19.9. The largest absolute Gasteiger partial charge is 0.350 e. The van der Waals surface area contributed by atoms with Gasteiger partial charge in [-0.2, -0.15) is 0 Å². The van der Waals surface area contributed by atoms with Gasteiger partial charge in [-0.05, 0) is 69.1 Å². The first kappa shape index (κ1) is 20.1. The molecule has 3 rings (SSSR count). The second kappa shape index (κ2) is 9.51. The maximum absolute atomic E-state index is 12.7. The predicted octanol–water partition coefficient (Wildman–Crippen LogP) is 4.06. The molecule has 1 heterocycles. The maximum Gasteiger partial charge on any atom is 0.255 e. The van der Waals surface area contributed by atoms with Gasteiger partial charge in [0.05, 0.1) is 11.3 Å². The van der Waals surface area contributed by atoms with Gasteiger partial charge in [0, 0.05) is 18.2 Å². The van der Waals surface area contributed by atoms with Gasteiger partial charge in [0.15, 0.2) is 0 Å². The van der Waals surface area contributed by atoms with Gasteiger partial charge in [0.25, 0.3) is 11.8 Å². The molecule has 2 aromatic rings. The van der Waals surface area contributed by atoms with Crippen LogP contribution in [0.15, 0.2) is 48.5 Å². The molecule has 1 fully saturated rings. The van der Waals surface area contributed by atoms with Crippen LogP contribution in [0.5, 0.6) is 0 Å². The van der Waals surface area contributed by atoms with Crippen molar-refractivity contribution < 1.29 is 9.59 Å². The zero-order valence-corrected chi connectivity index (χ0v) is 16.7. The minimum atomic E-state index is -0.212. The van der Waals surface area contributed by atoms with Crippen LogP contribution in [0.25, 0.3) is 0 Å². The molecular weight excluding hydrogens is 350 g/mol. The van der Waals surface area contributed by atoms with Gasteiger partial charge in [0.1, 0.15) is 0 Å². The van der Waals surface area contributed by atoms with E-state index in [-0.39, 0.29) is 17.9 Å². The van der Waals surface area contributed by atoms with Gasteiger partial charge >= 0.3 is 0 Å². The molecule has 2 amide bonds. The molecule has 5 heteroatoms. The van der Waals surface area contributed by atoms with Crippen LogP contribution in [0.4, 0.5) is 5.69 Å². The standard InChI is InChI=1S/C23H29N3O2/c1-3-17(2)24-23(28)20-8-4-5-9-21(20)25-22(27)19-12-10-18(11-13-19)16-26-14-6-7-15-26/h4-5,8-13,17H,3,6-7,14-16H2,1-2H3,(H,24,28)(H,25,27)/t17-/m1/s1. The summed E-state index contributed by atoms with van der Waals surface area (Å²) in [7, 11) is 0. The summed E-state index contributed by atoms with van der Waals surface area (Å²) in [5.74, 6) is -0.386. The monoisotopic (exact) mass is 379 g/mol. The topological polar surface area (TPSA) is 61.4 Å². The van der Waals surface area contributed by atoms with E-state index in [0.29, 0.717) is 16.8 Å². The highest BCUT2D eigenvalue weighted by Gasteiger charge is 2.16. The summed E-state index contributed by atoms with van der Waals surface area (Å²) in [6, 6.07) is 14.9. The van der Waals surface area contributed by atoms with Gasteiger partial charge in [-0.3, -0.25) is 14.5 Å². The Kier molecular flexibility index (Phi) is 6.82. The summed E-state index contributed by atoms with van der Waals surface area (Å²) < 4.78 is 0. The maximum atomic E-state index is 12.7. The highest BCUT2D eigenvalue weighted by atomic mass is 16.2. The average Bonchev–Trinajstić information content (AvgIpc) is 3.21. The van der Waals surface area contributed by atoms with Crippen molar-refractivity contribution in [3.63, 3.8) is 0 Å². The third-order valence-corrected chi connectivity index (χ3v) is 5.23. The van der Waals surface area contributed by atoms with E-state index in [2.05, 4.69) is 15.5 Å². The lowest BCUT2D eigenvalue weighted by Crippen LogP contribution is -2.32. The molecule has 1 aliphatic heterocycles. The average molecular weight is 380 g/mol. The van der Waals surface area contributed by atoms with Crippen molar-refractivity contribution in [2.24, 2.45) is 0 Å². The first-order valence-electron chi connectivity index (χ1n) is 10.1. The molecule has 0 unspecified atom stereocenters. The van der Waals surface area contributed by atoms with Gasteiger partial charge in [-0.1, -0.05) is 31.2 Å². The van der Waals surface area contributed by atoms with Crippen molar-refractivity contribution in [3.8, 4) is 0 Å². The summed E-state index contributed by atoms with van der Waals surface area (Å²) >= 11 is 0. The van der Waals surface area contributed by atoms with E-state index in [1.807, 2.05) is 44.2 Å². The summed E-state index contributed by atoms with van der Waals surface area (Å²) in [5, 5.41) is 5.83. The van der Waals surface area contributed by atoms with Crippen LogP contribution in [0.2, 0.25) is 0 Å². The molecule has 148 valence electrons. The molecule has 28 heavy (non-hydrogen) atoms. The molecule has 0 aliphatic carbocycles. The third kappa shape index (κ3) is 5.20. The van der Waals surface area contributed by atoms with Gasteiger partial charge in [0.2, 0.25) is 0 Å². The van der Waals surface area contributed by atoms with Crippen molar-refractivity contribution >= 4 is 17.5 Å². The van der Waals surface area contributed by atoms with Crippen LogP contribution in [-0.2, 0) is 6.54 Å². The molecule has 0 radical (unpaired) electrons. The Labute approximate surface area is 167 Å². The molecule has 2 aromatic carbocycles. The van der Waals surface area contributed by atoms with Crippen molar-refractivity contribution in [2.75, 3.05) is 18.4 Å². The van der Waals surface area contributed by atoms with E-state index in [4.69, 9.17) is 0 Å². The Morgan fingerprint density at radius 2 is 1.68 bits per heavy atom. The smallest absolute Gasteiger partial charge is 0.255 e. The molecule has 1 aliphatic rings. The summed E-state index contributed by atoms with van der Waals surface area (Å²) in [6.07, 6.45) is 3.39. The number of likely N-dealkylation sites (tertiary alicyclic amines) is 1. The third-order valence-electron chi connectivity index (χ3n) is 5.23. The fourth-order valence-corrected chi connectivity index (χ4v) is 3.35. The van der Waals surface area contributed by atoms with Crippen LogP contribution in [0.3, 0.4) is 0 Å². The molecule has 0 bridgehead atoms. The number of anilines is 1. The predicted molar refractivity (Wildman–Crippen MR) is 113 cm³/mol. The number of rotatable bonds is 7. The van der Waals surface area contributed by atoms with Crippen molar-refractivity contribution in [3.05, 3.63) is 65.2 Å². The van der Waals surface area contributed by atoms with E-state index >= 15 is 0 Å². The highest BCUT2D eigenvalue weighted by molar-refractivity contribution is 6.09. The van der Waals surface area contributed by atoms with Crippen molar-refractivity contribution in [1.82, 2.24) is 10.2 Å². The Morgan fingerprint density at radius 3 is 2.36 bits per heavy atom. The van der Waals surface area contributed by atoms with Gasteiger partial charge in [-0.25, -0.2) is 0 Å². The first-order chi connectivity index (χ1) is 13.6. The van der Waals surface area contributed by atoms with Crippen LogP contribution >= 0.6 is 0 Å². The number of amides is 2. The van der Waals surface area contributed by atoms with E-state index in [1.54, 1.807) is 18.2 Å². The molecule has 5 nitrogen and oxygen atoms in total. The summed E-state index contributed by atoms with van der Waals surface area (Å²) in [5.41, 5.74) is 2.80. The Morgan fingerprint density at radius 1 is 1.00 bits per heavy atom. The van der Waals surface area contributed by atoms with Crippen molar-refractivity contribution in [2.45, 2.75) is 45.7 Å². The number of para-hydroxylation sites is 1. The van der Waals surface area contributed by atoms with Gasteiger partial charge < -0.3 is 10.6 Å². The summed E-state index contributed by atoms with van der Waals surface area (Å²) in [6.45, 7) is 7.21. The molecule has 0 spiro atoms. The van der Waals surface area contributed by atoms with Gasteiger partial charge in [-0.15, -0.1) is 0 Å². The fourth-order valence-electron chi connectivity index (χ4n) is 3.35. The van der Waals surface area contributed by atoms with E-state index in [9.17, 15) is 9.59 Å². The second-order valence-electron chi connectivity index (χ2n) is 7.46. The number of hydrogen-bond donors (Lipinski definition) is 2. The normalized spacial score (nSPS) is 15.2. The lowest BCUT2D eigenvalue weighted by atomic mass is 10.1. The fraction of sp³-hybridized carbons (Fsp3) is 0.391. The Hall–Kier alpha value is -2.66. The minimum absolute atomic E-state index is 0.0828. The first-order valence-corrected chi connectivity index (χ1v) is 10.1. The van der Waals surface area contributed by atoms with Crippen LogP contribution in [0, 0.1) is 0 Å². The van der Waals surface area contributed by atoms with E-state index in [0.717, 1.165) is 26.1 Å². The number of benzene rings is 2. The molecule has 0 saturated carbocycles. The lowest BCUT2D eigenvalue weighted by molar-refractivity contribution is 0.0940. The number of nitrogens with zero attached hydrogens (tertiary/aromatic N) is 1. The summed E-state index contributed by atoms with van der Waals surface area (Å²) in [4.78, 5) is 27.6. The number of carbonyl (C=O) groups is 2. The minimum Gasteiger partial charge on any atom is -0.350 e. The molecule has 1 saturated heterocycles. The zero-order valence-electron chi connectivity index (χ0n) is 16.7. The van der Waals surface area contributed by atoms with E-state index in [1.165, 1.54) is 18.4 Å². The molecule has 0 aromatic heterocycles. The Balaban J connectivity index is 1.66. The van der Waals surface area contributed by atoms with E-state index < -0.39 is 0 Å². The quantitative estimate of drug-likeness (QED) is 0.762. The van der Waals surface area contributed by atoms with Crippen LogP contribution < -0.4 is 10.6 Å². The number of carbonyl (C=O) groups excluding carboxylic acids is 2. The lowest BCUT2D eigenvalue weighted by Gasteiger charge is -2.15.